The lowest BCUT2D eigenvalue weighted by atomic mass is 10.0. The maximum Gasteiger partial charge on any atom is 0.419 e. The van der Waals surface area contributed by atoms with Crippen LogP contribution in [0.4, 0.5) is 44.7 Å². The first-order valence-electron chi connectivity index (χ1n) is 18.6. The highest BCUT2D eigenvalue weighted by Crippen LogP contribution is 2.44. The average Bonchev–Trinajstić information content (AvgIpc) is 3.34. The molecule has 20 heteroatoms. The normalized spacial score (nSPS) is 20.3. The van der Waals surface area contributed by atoms with E-state index >= 15 is 8.78 Å². The summed E-state index contributed by atoms with van der Waals surface area (Å²) in [4.78, 5) is 60.1. The molecule has 14 nitrogen and oxygen atoms in total. The number of piperidine rings is 1. The van der Waals surface area contributed by atoms with Gasteiger partial charge in [-0.1, -0.05) is 6.07 Å². The van der Waals surface area contributed by atoms with E-state index in [-0.39, 0.29) is 48.5 Å². The van der Waals surface area contributed by atoms with E-state index in [9.17, 15) is 32.3 Å². The Labute approximate surface area is 342 Å². The largest absolute Gasteiger partial charge is 0.492 e. The molecular weight excluding hydrogens is 802 g/mol. The monoisotopic (exact) mass is 843 g/mol. The van der Waals surface area contributed by atoms with E-state index < -0.39 is 57.8 Å². The summed E-state index contributed by atoms with van der Waals surface area (Å²) in [5.41, 5.74) is -4.31. The standard InChI is InChI=1S/C39H42F5N9O5S/c1-37(2)35(57)52(26-19-27(39(42,43)44)30(20-45)46-21-26)36(59)53(37)25-7-9-31(28(18-25)38(3,40)41)58-16-15-50-11-13-51(14-12-50)22-33(55)48-24-6-4-5-23(17-24)47-29-8-10-32(54)49-34(29)56/h4-7,9,17-19,21,29,36,47,59H,8,10-16,22H2,1-3H3,(H,48,55)(H,49,54,56). The van der Waals surface area contributed by atoms with Crippen molar-refractivity contribution in [1.29, 1.82) is 5.26 Å². The Kier molecular flexibility index (Phi) is 12.4. The van der Waals surface area contributed by atoms with Crippen molar-refractivity contribution in [2.75, 3.05) is 66.3 Å². The van der Waals surface area contributed by atoms with Gasteiger partial charge in [0, 0.05) is 63.1 Å². The number of anilines is 4. The summed E-state index contributed by atoms with van der Waals surface area (Å²) in [6.45, 7) is 6.62. The van der Waals surface area contributed by atoms with Crippen LogP contribution in [-0.4, -0.2) is 101 Å². The number of alkyl halides is 5. The van der Waals surface area contributed by atoms with Gasteiger partial charge in [-0.15, -0.1) is 12.6 Å². The van der Waals surface area contributed by atoms with Crippen LogP contribution in [0.2, 0.25) is 0 Å². The minimum Gasteiger partial charge on any atom is -0.492 e. The number of aromatic nitrogens is 1. The molecule has 3 N–H and O–H groups in total. The van der Waals surface area contributed by atoms with Crippen LogP contribution in [0, 0.1) is 11.3 Å². The van der Waals surface area contributed by atoms with Crippen molar-refractivity contribution < 1.29 is 45.9 Å². The summed E-state index contributed by atoms with van der Waals surface area (Å²) in [5, 5.41) is 17.4. The van der Waals surface area contributed by atoms with Crippen molar-refractivity contribution in [3.8, 4) is 11.8 Å². The molecule has 59 heavy (non-hydrogen) atoms. The van der Waals surface area contributed by atoms with E-state index in [1.807, 2.05) is 4.90 Å². The molecule has 1 aromatic heterocycles. The Balaban J connectivity index is 1.03. The second kappa shape index (κ2) is 17.0. The minimum atomic E-state index is -4.93. The van der Waals surface area contributed by atoms with Gasteiger partial charge in [-0.3, -0.25) is 39.2 Å². The van der Waals surface area contributed by atoms with Crippen LogP contribution >= 0.6 is 12.6 Å². The van der Waals surface area contributed by atoms with E-state index in [4.69, 9.17) is 10.00 Å². The molecular formula is C39H42F5N9O5S. The molecule has 0 radical (unpaired) electrons. The molecule has 2 atom stereocenters. The lowest BCUT2D eigenvalue weighted by Crippen LogP contribution is -2.49. The number of carbonyl (C=O) groups is 4. The number of nitrogens with one attached hydrogen (secondary N) is 3. The maximum atomic E-state index is 15.1. The molecule has 3 aliphatic rings. The summed E-state index contributed by atoms with van der Waals surface area (Å²) in [6.07, 6.45) is -3.37. The highest BCUT2D eigenvalue weighted by molar-refractivity contribution is 7.81. The Morgan fingerprint density at radius 3 is 2.34 bits per heavy atom. The molecule has 3 aliphatic heterocycles. The van der Waals surface area contributed by atoms with Crippen LogP contribution in [0.25, 0.3) is 0 Å². The number of piperazine rings is 1. The number of hydrogen-bond acceptors (Lipinski definition) is 12. The highest BCUT2D eigenvalue weighted by Gasteiger charge is 2.52. The zero-order chi connectivity index (χ0) is 42.9. The number of benzene rings is 2. The van der Waals surface area contributed by atoms with E-state index in [0.717, 1.165) is 11.1 Å². The van der Waals surface area contributed by atoms with Gasteiger partial charge in [0.05, 0.1) is 29.6 Å². The van der Waals surface area contributed by atoms with E-state index in [2.05, 4.69) is 38.5 Å². The van der Waals surface area contributed by atoms with Crippen LogP contribution in [-0.2, 0) is 31.3 Å². The van der Waals surface area contributed by atoms with Crippen molar-refractivity contribution >= 4 is 59.0 Å². The van der Waals surface area contributed by atoms with Crippen LogP contribution in [0.15, 0.2) is 54.7 Å². The van der Waals surface area contributed by atoms with Crippen molar-refractivity contribution in [3.05, 3.63) is 71.5 Å². The number of hydrogen-bond donors (Lipinski definition) is 4. The first kappa shape index (κ1) is 43.1. The molecule has 0 spiro atoms. The van der Waals surface area contributed by atoms with Crippen LogP contribution < -0.4 is 30.5 Å². The fraction of sp³-hybridized carbons (Fsp3) is 0.436. The number of ether oxygens (including phenoxy) is 1. The molecule has 3 fully saturated rings. The molecule has 3 aromatic rings. The number of pyridine rings is 1. The predicted octanol–water partition coefficient (Wildman–Crippen LogP) is 4.78. The first-order valence-corrected chi connectivity index (χ1v) is 19.2. The fourth-order valence-corrected chi connectivity index (χ4v) is 7.88. The molecule has 2 aromatic carbocycles. The predicted molar refractivity (Wildman–Crippen MR) is 210 cm³/mol. The molecule has 4 amide bonds. The van der Waals surface area contributed by atoms with Crippen LogP contribution in [0.5, 0.6) is 5.75 Å². The molecule has 0 saturated carbocycles. The number of rotatable bonds is 12. The van der Waals surface area contributed by atoms with E-state index in [1.54, 1.807) is 24.3 Å². The minimum absolute atomic E-state index is 0.0655. The number of nitrogens with zero attached hydrogens (tertiary/aromatic N) is 6. The summed E-state index contributed by atoms with van der Waals surface area (Å²) in [6, 6.07) is 12.4. The Hall–Kier alpha value is -5.52. The fourth-order valence-electron chi connectivity index (χ4n) is 7.22. The van der Waals surface area contributed by atoms with Gasteiger partial charge in [0.2, 0.25) is 17.7 Å². The number of imide groups is 1. The molecule has 2 unspecified atom stereocenters. The molecule has 314 valence electrons. The van der Waals surface area contributed by atoms with Crippen LogP contribution in [0.3, 0.4) is 0 Å². The summed E-state index contributed by atoms with van der Waals surface area (Å²) in [7, 11) is 0. The van der Waals surface area contributed by atoms with Gasteiger partial charge in [0.1, 0.15) is 30.0 Å². The smallest absolute Gasteiger partial charge is 0.419 e. The van der Waals surface area contributed by atoms with Crippen molar-refractivity contribution in [2.45, 2.75) is 62.8 Å². The zero-order valence-electron chi connectivity index (χ0n) is 32.3. The zero-order valence-corrected chi connectivity index (χ0v) is 33.2. The number of amides is 4. The SMILES string of the molecule is CC(F)(F)c1cc(N2C(S)N(c3cnc(C#N)c(C(F)(F)F)c3)C(=O)C2(C)C)ccc1OCCN1CCN(CC(=O)Nc2cccc(NC3CCC(=O)NC3=O)c2)CC1. The van der Waals surface area contributed by atoms with Gasteiger partial charge in [0.15, 0.2) is 11.2 Å². The van der Waals surface area contributed by atoms with Crippen molar-refractivity contribution in [1.82, 2.24) is 20.1 Å². The Bertz CT molecular complexity index is 2150. The van der Waals surface area contributed by atoms with Crippen molar-refractivity contribution in [2.24, 2.45) is 0 Å². The summed E-state index contributed by atoms with van der Waals surface area (Å²) < 4.78 is 77.3. The lowest BCUT2D eigenvalue weighted by molar-refractivity contribution is -0.138. The Morgan fingerprint density at radius 1 is 1.00 bits per heavy atom. The van der Waals surface area contributed by atoms with Gasteiger partial charge in [-0.25, -0.2) is 13.8 Å². The average molecular weight is 844 g/mol. The van der Waals surface area contributed by atoms with E-state index in [0.29, 0.717) is 63.5 Å². The van der Waals surface area contributed by atoms with Crippen molar-refractivity contribution in [3.63, 3.8) is 0 Å². The maximum absolute atomic E-state index is 15.1. The lowest BCUT2D eigenvalue weighted by Gasteiger charge is -2.35. The molecule has 4 heterocycles. The molecule has 0 bridgehead atoms. The number of carbonyl (C=O) groups excluding carboxylic acids is 4. The highest BCUT2D eigenvalue weighted by atomic mass is 32.1. The van der Waals surface area contributed by atoms with Gasteiger partial charge in [-0.2, -0.15) is 18.4 Å². The van der Waals surface area contributed by atoms with Gasteiger partial charge < -0.3 is 20.3 Å². The topological polar surface area (TPSA) is 163 Å². The molecule has 6 rings (SSSR count). The summed E-state index contributed by atoms with van der Waals surface area (Å²) >= 11 is 4.54. The van der Waals surface area contributed by atoms with Crippen LogP contribution in [0.1, 0.15) is 50.4 Å². The number of halogens is 5. The second-order valence-corrected chi connectivity index (χ2v) is 15.4. The third-order valence-electron chi connectivity index (χ3n) is 10.3. The molecule has 3 saturated heterocycles. The third-order valence-corrected chi connectivity index (χ3v) is 10.8. The van der Waals surface area contributed by atoms with Gasteiger partial charge in [0.25, 0.3) is 11.8 Å². The van der Waals surface area contributed by atoms with E-state index in [1.165, 1.54) is 43.0 Å². The second-order valence-electron chi connectivity index (χ2n) is 15.0. The number of thiol groups is 1. The van der Waals surface area contributed by atoms with Gasteiger partial charge >= 0.3 is 6.18 Å². The van der Waals surface area contributed by atoms with Gasteiger partial charge in [-0.05, 0) is 62.7 Å². The number of nitriles is 1. The molecule has 0 aliphatic carbocycles. The Morgan fingerprint density at radius 2 is 1.68 bits per heavy atom. The quantitative estimate of drug-likeness (QED) is 0.113. The summed E-state index contributed by atoms with van der Waals surface area (Å²) in [5.74, 6) is -5.08. The third kappa shape index (κ3) is 9.69. The first-order chi connectivity index (χ1) is 27.8.